The molecule has 1 aliphatic heterocycles. The lowest BCUT2D eigenvalue weighted by molar-refractivity contribution is 0.0293. The minimum absolute atomic E-state index is 0.0227. The van der Waals surface area contributed by atoms with E-state index in [-0.39, 0.29) is 18.1 Å². The van der Waals surface area contributed by atoms with E-state index in [2.05, 4.69) is 24.1 Å². The zero-order valence-electron chi connectivity index (χ0n) is 12.7. The highest BCUT2D eigenvalue weighted by atomic mass is 16.3. The Morgan fingerprint density at radius 3 is 2.55 bits per heavy atom. The van der Waals surface area contributed by atoms with Gasteiger partial charge in [0, 0.05) is 49.8 Å². The molecular formula is C16H26N2O2. The van der Waals surface area contributed by atoms with Gasteiger partial charge in [-0.05, 0) is 13.0 Å². The van der Waals surface area contributed by atoms with Gasteiger partial charge >= 0.3 is 0 Å². The standard InChI is InChI=1S/C16H26N2O2/c1-12-4-5-14(20)13(10-12)15(16(2,3)11-19)18-8-6-17-7-9-18/h4-5,10,15,17,19-20H,6-9,11H2,1-3H3/t15-/m0/s1. The predicted octanol–water partition coefficient (Wildman–Crippen LogP) is 1.67. The predicted molar refractivity (Wildman–Crippen MR) is 80.9 cm³/mol. The van der Waals surface area contributed by atoms with Gasteiger partial charge in [-0.3, -0.25) is 4.90 Å². The molecule has 1 heterocycles. The smallest absolute Gasteiger partial charge is 0.120 e. The Kier molecular flexibility index (Phi) is 4.68. The average Bonchev–Trinajstić information content (AvgIpc) is 2.44. The lowest BCUT2D eigenvalue weighted by Gasteiger charge is -2.43. The number of phenolic OH excluding ortho intramolecular Hbond substituents is 1. The molecule has 4 nitrogen and oxygen atoms in total. The second kappa shape index (κ2) is 6.12. The Hall–Kier alpha value is -1.10. The Morgan fingerprint density at radius 2 is 1.95 bits per heavy atom. The fraction of sp³-hybridized carbons (Fsp3) is 0.625. The lowest BCUT2D eigenvalue weighted by atomic mass is 9.79. The van der Waals surface area contributed by atoms with E-state index >= 15 is 0 Å². The van der Waals surface area contributed by atoms with Crippen molar-refractivity contribution < 1.29 is 10.2 Å². The van der Waals surface area contributed by atoms with Gasteiger partial charge in [0.2, 0.25) is 0 Å². The van der Waals surface area contributed by atoms with Gasteiger partial charge in [-0.15, -0.1) is 0 Å². The second-order valence-corrected chi connectivity index (χ2v) is 6.40. The van der Waals surface area contributed by atoms with Crippen molar-refractivity contribution in [3.8, 4) is 5.75 Å². The Balaban J connectivity index is 2.42. The quantitative estimate of drug-likeness (QED) is 0.784. The molecule has 0 unspecified atom stereocenters. The van der Waals surface area contributed by atoms with E-state index in [0.717, 1.165) is 37.3 Å². The topological polar surface area (TPSA) is 55.7 Å². The Bertz CT molecular complexity index is 454. The Labute approximate surface area is 121 Å². The first-order valence-corrected chi connectivity index (χ1v) is 7.31. The molecule has 112 valence electrons. The third kappa shape index (κ3) is 3.14. The molecule has 20 heavy (non-hydrogen) atoms. The molecule has 0 aliphatic carbocycles. The van der Waals surface area contributed by atoms with Crippen LogP contribution in [0.25, 0.3) is 0 Å². The number of aliphatic hydroxyl groups excluding tert-OH is 1. The number of aliphatic hydroxyl groups is 1. The minimum atomic E-state index is -0.303. The van der Waals surface area contributed by atoms with Crippen molar-refractivity contribution in [2.24, 2.45) is 5.41 Å². The summed E-state index contributed by atoms with van der Waals surface area (Å²) in [6.07, 6.45) is 0. The maximum absolute atomic E-state index is 10.3. The van der Waals surface area contributed by atoms with Crippen LogP contribution in [0.2, 0.25) is 0 Å². The second-order valence-electron chi connectivity index (χ2n) is 6.40. The van der Waals surface area contributed by atoms with Crippen LogP contribution in [0, 0.1) is 12.3 Å². The van der Waals surface area contributed by atoms with Crippen LogP contribution >= 0.6 is 0 Å². The molecule has 0 bridgehead atoms. The minimum Gasteiger partial charge on any atom is -0.508 e. The van der Waals surface area contributed by atoms with E-state index in [1.54, 1.807) is 6.07 Å². The molecule has 0 spiro atoms. The fourth-order valence-electron chi connectivity index (χ4n) is 3.03. The summed E-state index contributed by atoms with van der Waals surface area (Å²) in [4.78, 5) is 2.36. The molecule has 2 rings (SSSR count). The average molecular weight is 278 g/mol. The normalized spacial score (nSPS) is 19.0. The van der Waals surface area contributed by atoms with E-state index in [4.69, 9.17) is 0 Å². The molecule has 0 saturated carbocycles. The van der Waals surface area contributed by atoms with Crippen molar-refractivity contribution >= 4 is 0 Å². The molecule has 1 aromatic rings. The Morgan fingerprint density at radius 1 is 1.30 bits per heavy atom. The van der Waals surface area contributed by atoms with Gasteiger partial charge in [-0.1, -0.05) is 31.5 Å². The monoisotopic (exact) mass is 278 g/mol. The number of aromatic hydroxyl groups is 1. The highest BCUT2D eigenvalue weighted by Crippen LogP contribution is 2.42. The van der Waals surface area contributed by atoms with Crippen molar-refractivity contribution in [1.29, 1.82) is 0 Å². The number of nitrogens with zero attached hydrogens (tertiary/aromatic N) is 1. The third-order valence-electron chi connectivity index (χ3n) is 4.14. The molecule has 1 aromatic carbocycles. The SMILES string of the molecule is Cc1ccc(O)c([C@H](N2CCNCC2)C(C)(C)CO)c1. The number of hydrogen-bond donors (Lipinski definition) is 3. The van der Waals surface area contributed by atoms with Crippen LogP contribution in [0.3, 0.4) is 0 Å². The van der Waals surface area contributed by atoms with Crippen LogP contribution in [0.5, 0.6) is 5.75 Å². The molecule has 1 atom stereocenters. The maximum atomic E-state index is 10.3. The van der Waals surface area contributed by atoms with Gasteiger partial charge in [0.05, 0.1) is 0 Å². The summed E-state index contributed by atoms with van der Waals surface area (Å²) >= 11 is 0. The van der Waals surface area contributed by atoms with Gasteiger partial charge in [0.15, 0.2) is 0 Å². The molecule has 1 fully saturated rings. The van der Waals surface area contributed by atoms with Gasteiger partial charge in [-0.2, -0.15) is 0 Å². The van der Waals surface area contributed by atoms with Crippen LogP contribution in [-0.2, 0) is 0 Å². The van der Waals surface area contributed by atoms with Crippen molar-refractivity contribution in [2.75, 3.05) is 32.8 Å². The summed E-state index contributed by atoms with van der Waals surface area (Å²) in [6.45, 7) is 10.00. The summed E-state index contributed by atoms with van der Waals surface area (Å²) in [7, 11) is 0. The molecule has 0 aromatic heterocycles. The van der Waals surface area contributed by atoms with Crippen LogP contribution in [0.1, 0.15) is 31.0 Å². The van der Waals surface area contributed by atoms with Crippen LogP contribution in [-0.4, -0.2) is 47.9 Å². The summed E-state index contributed by atoms with van der Waals surface area (Å²) in [6, 6.07) is 5.74. The van der Waals surface area contributed by atoms with Crippen molar-refractivity contribution in [1.82, 2.24) is 10.2 Å². The fourth-order valence-corrected chi connectivity index (χ4v) is 3.03. The summed E-state index contributed by atoms with van der Waals surface area (Å²) in [5, 5.41) is 23.4. The van der Waals surface area contributed by atoms with Crippen LogP contribution < -0.4 is 5.32 Å². The first-order chi connectivity index (χ1) is 9.45. The van der Waals surface area contributed by atoms with Crippen LogP contribution in [0.15, 0.2) is 18.2 Å². The van der Waals surface area contributed by atoms with E-state index in [1.807, 2.05) is 19.1 Å². The molecule has 3 N–H and O–H groups in total. The van der Waals surface area contributed by atoms with Crippen molar-refractivity contribution in [3.63, 3.8) is 0 Å². The largest absolute Gasteiger partial charge is 0.508 e. The number of hydrogen-bond acceptors (Lipinski definition) is 4. The number of nitrogens with one attached hydrogen (secondary N) is 1. The van der Waals surface area contributed by atoms with E-state index in [9.17, 15) is 10.2 Å². The summed E-state index contributed by atoms with van der Waals surface area (Å²) in [5.74, 6) is 0.320. The first-order valence-electron chi connectivity index (χ1n) is 7.31. The molecule has 1 aliphatic rings. The summed E-state index contributed by atoms with van der Waals surface area (Å²) < 4.78 is 0. The van der Waals surface area contributed by atoms with Gasteiger partial charge in [0.1, 0.15) is 5.75 Å². The highest BCUT2D eigenvalue weighted by molar-refractivity contribution is 5.39. The van der Waals surface area contributed by atoms with Crippen molar-refractivity contribution in [2.45, 2.75) is 26.8 Å². The van der Waals surface area contributed by atoms with E-state index in [0.29, 0.717) is 5.75 Å². The first kappa shape index (κ1) is 15.3. The van der Waals surface area contributed by atoms with E-state index in [1.165, 1.54) is 0 Å². The number of piperazine rings is 1. The zero-order chi connectivity index (χ0) is 14.8. The van der Waals surface area contributed by atoms with Gasteiger partial charge < -0.3 is 15.5 Å². The number of benzene rings is 1. The maximum Gasteiger partial charge on any atom is 0.120 e. The molecular weight excluding hydrogens is 252 g/mol. The lowest BCUT2D eigenvalue weighted by Crippen LogP contribution is -2.49. The highest BCUT2D eigenvalue weighted by Gasteiger charge is 2.37. The molecule has 1 saturated heterocycles. The van der Waals surface area contributed by atoms with Gasteiger partial charge in [-0.25, -0.2) is 0 Å². The molecule has 0 radical (unpaired) electrons. The van der Waals surface area contributed by atoms with E-state index < -0.39 is 0 Å². The number of rotatable bonds is 4. The molecule has 0 amide bonds. The van der Waals surface area contributed by atoms with Crippen LogP contribution in [0.4, 0.5) is 0 Å². The summed E-state index contributed by atoms with van der Waals surface area (Å²) in [5.41, 5.74) is 1.75. The third-order valence-corrected chi connectivity index (χ3v) is 4.14. The number of phenols is 1. The zero-order valence-corrected chi connectivity index (χ0v) is 12.7. The van der Waals surface area contributed by atoms with Gasteiger partial charge in [0.25, 0.3) is 0 Å². The number of aryl methyl sites for hydroxylation is 1. The van der Waals surface area contributed by atoms with Crippen molar-refractivity contribution in [3.05, 3.63) is 29.3 Å². The molecule has 4 heteroatoms.